The number of nitrogens with two attached hydrogens (primary N) is 1. The van der Waals surface area contributed by atoms with Gasteiger partial charge in [0, 0.05) is 12.0 Å². The maximum absolute atomic E-state index is 6.13. The van der Waals surface area contributed by atoms with Gasteiger partial charge in [-0.3, -0.25) is 0 Å². The Labute approximate surface area is 116 Å². The second kappa shape index (κ2) is 4.82. The molecule has 2 nitrogen and oxygen atoms in total. The standard InChI is InChI=1S/C17H25NO/c1-19-15-7-5-14(6-8-15)17(13-18)11-16(12-17)9-3-2-4-10-16/h5-8H,2-4,9-13,18H2,1H3. The smallest absolute Gasteiger partial charge is 0.118 e. The molecule has 2 fully saturated rings. The van der Waals surface area contributed by atoms with E-state index in [2.05, 4.69) is 24.3 Å². The third kappa shape index (κ3) is 2.16. The summed E-state index contributed by atoms with van der Waals surface area (Å²) in [4.78, 5) is 0. The molecule has 0 atom stereocenters. The molecule has 2 N–H and O–H groups in total. The van der Waals surface area contributed by atoms with Crippen LogP contribution >= 0.6 is 0 Å². The fraction of sp³-hybridized carbons (Fsp3) is 0.647. The lowest BCUT2D eigenvalue weighted by molar-refractivity contribution is -0.00835. The minimum absolute atomic E-state index is 0.240. The van der Waals surface area contributed by atoms with Crippen molar-refractivity contribution in [2.75, 3.05) is 13.7 Å². The van der Waals surface area contributed by atoms with Crippen LogP contribution in [0.25, 0.3) is 0 Å². The predicted molar refractivity (Wildman–Crippen MR) is 78.5 cm³/mol. The van der Waals surface area contributed by atoms with E-state index in [-0.39, 0.29) is 5.41 Å². The number of benzene rings is 1. The van der Waals surface area contributed by atoms with Gasteiger partial charge in [0.2, 0.25) is 0 Å². The molecule has 3 rings (SSSR count). The van der Waals surface area contributed by atoms with E-state index in [4.69, 9.17) is 10.5 Å². The number of rotatable bonds is 3. The molecule has 1 aromatic carbocycles. The Balaban J connectivity index is 1.77. The van der Waals surface area contributed by atoms with Crippen LogP contribution in [0.1, 0.15) is 50.5 Å². The first kappa shape index (κ1) is 13.0. The van der Waals surface area contributed by atoms with Gasteiger partial charge in [-0.15, -0.1) is 0 Å². The Kier molecular flexibility index (Phi) is 3.30. The van der Waals surface area contributed by atoms with E-state index in [1.54, 1.807) is 7.11 Å². The molecule has 0 saturated heterocycles. The Morgan fingerprint density at radius 2 is 1.68 bits per heavy atom. The SMILES string of the molecule is COc1ccc(C2(CN)CC3(CCCCC3)C2)cc1. The van der Waals surface area contributed by atoms with Crippen LogP contribution in [0, 0.1) is 5.41 Å². The summed E-state index contributed by atoms with van der Waals surface area (Å²) >= 11 is 0. The molecule has 0 aromatic heterocycles. The van der Waals surface area contributed by atoms with Crippen molar-refractivity contribution < 1.29 is 4.74 Å². The first-order valence-corrected chi connectivity index (χ1v) is 7.57. The quantitative estimate of drug-likeness (QED) is 0.899. The maximum atomic E-state index is 6.13. The fourth-order valence-corrected chi connectivity index (χ4v) is 4.45. The van der Waals surface area contributed by atoms with Gasteiger partial charge in [0.25, 0.3) is 0 Å². The van der Waals surface area contributed by atoms with Crippen LogP contribution in [0.4, 0.5) is 0 Å². The Bertz CT molecular complexity index is 423. The largest absolute Gasteiger partial charge is 0.497 e. The number of methoxy groups -OCH3 is 1. The zero-order valence-electron chi connectivity index (χ0n) is 12.0. The van der Waals surface area contributed by atoms with Crippen molar-refractivity contribution in [2.24, 2.45) is 11.1 Å². The highest BCUT2D eigenvalue weighted by Crippen LogP contribution is 2.61. The molecule has 2 aliphatic carbocycles. The van der Waals surface area contributed by atoms with E-state index < -0.39 is 0 Å². The molecule has 19 heavy (non-hydrogen) atoms. The van der Waals surface area contributed by atoms with E-state index in [1.165, 1.54) is 50.5 Å². The van der Waals surface area contributed by atoms with Gasteiger partial charge >= 0.3 is 0 Å². The number of ether oxygens (including phenoxy) is 1. The van der Waals surface area contributed by atoms with E-state index in [1.807, 2.05) is 0 Å². The van der Waals surface area contributed by atoms with Crippen molar-refractivity contribution in [1.82, 2.24) is 0 Å². The van der Waals surface area contributed by atoms with E-state index in [9.17, 15) is 0 Å². The first-order valence-electron chi connectivity index (χ1n) is 7.57. The van der Waals surface area contributed by atoms with Gasteiger partial charge in [0.1, 0.15) is 5.75 Å². The monoisotopic (exact) mass is 259 g/mol. The van der Waals surface area contributed by atoms with E-state index in [0.29, 0.717) is 5.41 Å². The number of hydrogen-bond acceptors (Lipinski definition) is 2. The second-order valence-electron chi connectivity index (χ2n) is 6.63. The Morgan fingerprint density at radius 1 is 1.05 bits per heavy atom. The summed E-state index contributed by atoms with van der Waals surface area (Å²) < 4.78 is 5.25. The molecule has 1 spiro atoms. The van der Waals surface area contributed by atoms with Gasteiger partial charge in [0.05, 0.1) is 7.11 Å². The molecule has 2 heteroatoms. The van der Waals surface area contributed by atoms with Crippen molar-refractivity contribution in [2.45, 2.75) is 50.4 Å². The van der Waals surface area contributed by atoms with Crippen molar-refractivity contribution in [3.05, 3.63) is 29.8 Å². The van der Waals surface area contributed by atoms with Gasteiger partial charge in [-0.05, 0) is 48.8 Å². The molecule has 0 aliphatic heterocycles. The van der Waals surface area contributed by atoms with Crippen molar-refractivity contribution in [1.29, 1.82) is 0 Å². The Morgan fingerprint density at radius 3 is 2.21 bits per heavy atom. The topological polar surface area (TPSA) is 35.2 Å². The summed E-state index contributed by atoms with van der Waals surface area (Å²) in [6.45, 7) is 0.779. The van der Waals surface area contributed by atoms with Gasteiger partial charge in [0.15, 0.2) is 0 Å². The lowest BCUT2D eigenvalue weighted by Crippen LogP contribution is -2.54. The lowest BCUT2D eigenvalue weighted by atomic mass is 9.47. The predicted octanol–water partition coefficient (Wildman–Crippen LogP) is 3.64. The molecule has 1 aromatic rings. The van der Waals surface area contributed by atoms with Gasteiger partial charge in [-0.2, -0.15) is 0 Å². The lowest BCUT2D eigenvalue weighted by Gasteiger charge is -2.58. The summed E-state index contributed by atoms with van der Waals surface area (Å²) in [5.74, 6) is 0.933. The van der Waals surface area contributed by atoms with Crippen LogP contribution in [0.5, 0.6) is 5.75 Å². The highest BCUT2D eigenvalue weighted by molar-refractivity contribution is 5.36. The van der Waals surface area contributed by atoms with Gasteiger partial charge in [-0.25, -0.2) is 0 Å². The highest BCUT2D eigenvalue weighted by Gasteiger charge is 2.54. The van der Waals surface area contributed by atoms with Crippen LogP contribution in [0.15, 0.2) is 24.3 Å². The molecule has 0 bridgehead atoms. The highest BCUT2D eigenvalue weighted by atomic mass is 16.5. The first-order chi connectivity index (χ1) is 9.22. The van der Waals surface area contributed by atoms with E-state index in [0.717, 1.165) is 12.3 Å². The van der Waals surface area contributed by atoms with Crippen molar-refractivity contribution in [3.8, 4) is 5.75 Å². The minimum atomic E-state index is 0.240. The number of hydrogen-bond donors (Lipinski definition) is 1. The van der Waals surface area contributed by atoms with Crippen LogP contribution in [-0.2, 0) is 5.41 Å². The summed E-state index contributed by atoms with van der Waals surface area (Å²) in [6.07, 6.45) is 9.70. The van der Waals surface area contributed by atoms with Gasteiger partial charge in [-0.1, -0.05) is 31.4 Å². The third-order valence-electron chi connectivity index (χ3n) is 5.43. The van der Waals surface area contributed by atoms with Crippen LogP contribution in [-0.4, -0.2) is 13.7 Å². The van der Waals surface area contributed by atoms with E-state index >= 15 is 0 Å². The van der Waals surface area contributed by atoms with Crippen molar-refractivity contribution in [3.63, 3.8) is 0 Å². The normalized spacial score (nSPS) is 23.9. The second-order valence-corrected chi connectivity index (χ2v) is 6.63. The maximum Gasteiger partial charge on any atom is 0.118 e. The summed E-state index contributed by atoms with van der Waals surface area (Å²) in [6, 6.07) is 8.56. The molecular formula is C17H25NO. The molecule has 0 unspecified atom stereocenters. The summed E-state index contributed by atoms with van der Waals surface area (Å²) in [7, 11) is 1.72. The zero-order chi connectivity index (χ0) is 13.3. The molecule has 2 saturated carbocycles. The zero-order valence-corrected chi connectivity index (χ0v) is 12.0. The molecule has 0 amide bonds. The van der Waals surface area contributed by atoms with Crippen LogP contribution < -0.4 is 10.5 Å². The minimum Gasteiger partial charge on any atom is -0.497 e. The third-order valence-corrected chi connectivity index (χ3v) is 5.43. The fourth-order valence-electron chi connectivity index (χ4n) is 4.45. The van der Waals surface area contributed by atoms with Crippen molar-refractivity contribution >= 4 is 0 Å². The van der Waals surface area contributed by atoms with Crippen LogP contribution in [0.2, 0.25) is 0 Å². The molecule has 0 radical (unpaired) electrons. The molecule has 104 valence electrons. The summed E-state index contributed by atoms with van der Waals surface area (Å²) in [5.41, 5.74) is 8.40. The summed E-state index contributed by atoms with van der Waals surface area (Å²) in [5, 5.41) is 0. The average molecular weight is 259 g/mol. The Hall–Kier alpha value is -1.02. The van der Waals surface area contributed by atoms with Crippen LogP contribution in [0.3, 0.4) is 0 Å². The molecule has 2 aliphatic rings. The van der Waals surface area contributed by atoms with Gasteiger partial charge < -0.3 is 10.5 Å². The molecular weight excluding hydrogens is 234 g/mol. The molecule has 0 heterocycles. The average Bonchev–Trinajstić information content (AvgIpc) is 2.45.